The first-order chi connectivity index (χ1) is 9.19. The molecule has 0 saturated carbocycles. The fourth-order valence-electron chi connectivity index (χ4n) is 1.80. The summed E-state index contributed by atoms with van der Waals surface area (Å²) in [6.07, 6.45) is 0.433. The molecule has 0 aliphatic carbocycles. The molecule has 2 rings (SSSR count). The summed E-state index contributed by atoms with van der Waals surface area (Å²) in [4.78, 5) is 0. The van der Waals surface area contributed by atoms with Gasteiger partial charge in [-0.05, 0) is 30.1 Å². The molecule has 1 aliphatic heterocycles. The van der Waals surface area contributed by atoms with Crippen LogP contribution in [0.5, 0.6) is 11.5 Å². The Morgan fingerprint density at radius 1 is 1.10 bits per heavy atom. The number of ether oxygens (including phenoxy) is 2. The summed E-state index contributed by atoms with van der Waals surface area (Å²) in [7, 11) is 33.8. The van der Waals surface area contributed by atoms with E-state index in [4.69, 9.17) is 56.6 Å². The van der Waals surface area contributed by atoms with Crippen molar-refractivity contribution in [2.24, 2.45) is 0 Å². The third-order valence-electron chi connectivity index (χ3n) is 3.03. The smallest absolute Gasteiger partial charge is 0.231 e. The molecule has 1 atom stereocenters. The fourth-order valence-corrected chi connectivity index (χ4v) is 1.80. The molecule has 12 radical (unpaired) electrons. The first-order valence-electron chi connectivity index (χ1n) is 6.05. The van der Waals surface area contributed by atoms with Crippen LogP contribution < -0.4 is 14.8 Å². The maximum Gasteiger partial charge on any atom is 0.231 e. The molecule has 0 spiro atoms. The zero-order valence-corrected chi connectivity index (χ0v) is 11.0. The van der Waals surface area contributed by atoms with Gasteiger partial charge in [-0.2, -0.15) is 0 Å². The van der Waals surface area contributed by atoms with E-state index in [0.29, 0.717) is 17.9 Å². The summed E-state index contributed by atoms with van der Waals surface area (Å²) < 4.78 is 10.5. The van der Waals surface area contributed by atoms with Gasteiger partial charge in [0.25, 0.3) is 0 Å². The summed E-state index contributed by atoms with van der Waals surface area (Å²) in [5.74, 6) is 0.792. The molecule has 1 aliphatic rings. The van der Waals surface area contributed by atoms with Crippen molar-refractivity contribution in [3.63, 3.8) is 0 Å². The van der Waals surface area contributed by atoms with Gasteiger partial charge in [-0.15, -0.1) is 5.11 Å². The maximum absolute atomic E-state index is 5.92. The molecule has 1 aromatic rings. The molecule has 3 nitrogen and oxygen atoms in total. The van der Waals surface area contributed by atoms with Gasteiger partial charge in [0.2, 0.25) is 6.79 Å². The summed E-state index contributed by atoms with van der Waals surface area (Å²) >= 11 is 0. The molecular weight excluding hydrogens is 243 g/mol. The zero-order chi connectivity index (χ0) is 15.0. The van der Waals surface area contributed by atoms with Crippen LogP contribution in [0, 0.1) is 0 Å². The standard InChI is InChI=1S/C11H9B6NO2/c12-9(18-11(16,17)10(13,14)15)4-6-1-2-7-8(3-6)20-5-19-7/h1-3,9,18H,4-5H2. The zero-order valence-electron chi connectivity index (χ0n) is 11.0. The molecule has 20 heavy (non-hydrogen) atoms. The molecule has 1 unspecified atom stereocenters. The lowest BCUT2D eigenvalue weighted by Crippen LogP contribution is -2.60. The Kier molecular flexibility index (Phi) is 4.29. The van der Waals surface area contributed by atoms with E-state index < -0.39 is 16.4 Å². The van der Waals surface area contributed by atoms with E-state index >= 15 is 0 Å². The van der Waals surface area contributed by atoms with Gasteiger partial charge in [0, 0.05) is 0 Å². The van der Waals surface area contributed by atoms with Crippen molar-refractivity contribution in [3.05, 3.63) is 23.8 Å². The highest BCUT2D eigenvalue weighted by atomic mass is 16.7. The van der Waals surface area contributed by atoms with Crippen LogP contribution >= 0.6 is 0 Å². The Morgan fingerprint density at radius 3 is 2.40 bits per heavy atom. The van der Waals surface area contributed by atoms with Gasteiger partial charge in [-0.25, -0.2) is 0 Å². The molecule has 0 bridgehead atoms. The highest BCUT2D eigenvalue weighted by Crippen LogP contribution is 2.32. The van der Waals surface area contributed by atoms with Crippen molar-refractivity contribution in [1.29, 1.82) is 0 Å². The molecule has 9 heteroatoms. The Morgan fingerprint density at radius 2 is 1.75 bits per heavy atom. The molecule has 1 N–H and O–H groups in total. The van der Waals surface area contributed by atoms with Gasteiger partial charge >= 0.3 is 0 Å². The minimum atomic E-state index is -1.81. The van der Waals surface area contributed by atoms with Crippen molar-refractivity contribution in [1.82, 2.24) is 5.32 Å². The second kappa shape index (κ2) is 5.51. The van der Waals surface area contributed by atoms with Crippen molar-refractivity contribution in [2.45, 2.75) is 22.8 Å². The highest BCUT2D eigenvalue weighted by molar-refractivity contribution is 6.67. The minimum absolute atomic E-state index is 0.216. The van der Waals surface area contributed by atoms with Crippen LogP contribution in [-0.4, -0.2) is 65.1 Å². The lowest BCUT2D eigenvalue weighted by atomic mass is 9.26. The molecule has 0 saturated heterocycles. The number of benzene rings is 1. The largest absolute Gasteiger partial charge is 0.454 e. The van der Waals surface area contributed by atoms with Gasteiger partial charge < -0.3 is 14.8 Å². The summed E-state index contributed by atoms with van der Waals surface area (Å²) in [6.45, 7) is 0.216. The monoisotopic (exact) mass is 253 g/mol. The molecular formula is C11H9B6NO2. The molecule has 0 amide bonds. The Balaban J connectivity index is 2.00. The minimum Gasteiger partial charge on any atom is -0.454 e. The predicted octanol–water partition coefficient (Wildman–Crippen LogP) is -1.39. The van der Waals surface area contributed by atoms with E-state index in [-0.39, 0.29) is 6.79 Å². The maximum atomic E-state index is 5.92. The van der Waals surface area contributed by atoms with Gasteiger partial charge in [0.05, 0.1) is 47.1 Å². The van der Waals surface area contributed by atoms with E-state index in [2.05, 4.69) is 5.32 Å². The Labute approximate surface area is 127 Å². The van der Waals surface area contributed by atoms with E-state index in [1.807, 2.05) is 18.2 Å². The number of hydrogen-bond acceptors (Lipinski definition) is 3. The van der Waals surface area contributed by atoms with E-state index in [9.17, 15) is 0 Å². The predicted molar refractivity (Wildman–Crippen MR) is 83.1 cm³/mol. The van der Waals surface area contributed by atoms with Crippen molar-refractivity contribution in [2.75, 3.05) is 6.79 Å². The number of hydrogen-bond donors (Lipinski definition) is 1. The van der Waals surface area contributed by atoms with E-state index in [0.717, 1.165) is 5.56 Å². The van der Waals surface area contributed by atoms with Crippen LogP contribution in [-0.2, 0) is 6.42 Å². The van der Waals surface area contributed by atoms with Gasteiger partial charge in [-0.1, -0.05) is 11.4 Å². The van der Waals surface area contributed by atoms with E-state index in [1.165, 1.54) is 0 Å². The summed E-state index contributed by atoms with van der Waals surface area (Å²) in [5.41, 5.74) is 0.918. The average molecular weight is 252 g/mol. The average Bonchev–Trinajstić information content (AvgIpc) is 2.73. The Hall–Kier alpha value is -0.830. The van der Waals surface area contributed by atoms with Crippen LogP contribution in [0.2, 0.25) is 5.11 Å². The SMILES string of the molecule is [B]C(Cc1ccc2c(c1)OCO2)NC([B])([B])C([B])([B])[B]. The summed E-state index contributed by atoms with van der Waals surface area (Å²) in [5, 5.41) is -0.813. The van der Waals surface area contributed by atoms with Crippen molar-refractivity contribution < 1.29 is 9.47 Å². The second-order valence-corrected chi connectivity index (χ2v) is 4.94. The molecule has 0 fully saturated rings. The van der Waals surface area contributed by atoms with Crippen LogP contribution in [0.25, 0.3) is 0 Å². The van der Waals surface area contributed by atoms with Crippen LogP contribution in [0.15, 0.2) is 18.2 Å². The fraction of sp³-hybridized carbons (Fsp3) is 0.455. The summed E-state index contributed by atoms with van der Waals surface area (Å²) in [6, 6.07) is 5.51. The van der Waals surface area contributed by atoms with Crippen LogP contribution in [0.1, 0.15) is 5.56 Å². The number of rotatable bonds is 5. The highest BCUT2D eigenvalue weighted by Gasteiger charge is 2.30. The van der Waals surface area contributed by atoms with Crippen molar-refractivity contribution in [3.8, 4) is 11.5 Å². The lowest BCUT2D eigenvalue weighted by molar-refractivity contribution is 0.174. The van der Waals surface area contributed by atoms with Crippen molar-refractivity contribution >= 4 is 47.1 Å². The molecule has 1 aromatic carbocycles. The quantitative estimate of drug-likeness (QED) is 0.655. The lowest BCUT2D eigenvalue weighted by Gasteiger charge is -2.45. The van der Waals surface area contributed by atoms with Gasteiger partial charge in [0.15, 0.2) is 11.5 Å². The number of nitrogens with one attached hydrogen (secondary N) is 1. The Bertz CT molecular complexity index is 490. The normalized spacial score (nSPS) is 16.0. The van der Waals surface area contributed by atoms with Gasteiger partial charge in [0.1, 0.15) is 0 Å². The second-order valence-electron chi connectivity index (χ2n) is 4.94. The third-order valence-corrected chi connectivity index (χ3v) is 3.03. The van der Waals surface area contributed by atoms with Gasteiger partial charge in [-0.3, -0.25) is 0 Å². The number of fused-ring (bicyclic) bond motifs is 1. The first kappa shape index (κ1) is 15.6. The first-order valence-corrected chi connectivity index (χ1v) is 6.05. The van der Waals surface area contributed by atoms with Crippen LogP contribution in [0.3, 0.4) is 0 Å². The molecule has 0 aromatic heterocycles. The molecule has 88 valence electrons. The van der Waals surface area contributed by atoms with Crippen LogP contribution in [0.4, 0.5) is 0 Å². The molecule has 1 heterocycles. The third kappa shape index (κ3) is 3.43. The van der Waals surface area contributed by atoms with E-state index in [1.54, 1.807) is 0 Å². The topological polar surface area (TPSA) is 30.5 Å².